The van der Waals surface area contributed by atoms with E-state index in [0.717, 1.165) is 23.7 Å². The molecule has 0 aromatic heterocycles. The van der Waals surface area contributed by atoms with E-state index in [1.165, 1.54) is 33.4 Å². The Balaban J connectivity index is 1.94. The highest BCUT2D eigenvalue weighted by Gasteiger charge is 2.14. The number of benzene rings is 3. The molecule has 1 heteroatoms. The van der Waals surface area contributed by atoms with E-state index < -0.39 is 0 Å². The SMILES string of the molecule is Brc1ccc2c(c1)Cc1ccccc1Cc1ccccc1C2. The van der Waals surface area contributed by atoms with Crippen LogP contribution in [0.2, 0.25) is 0 Å². The van der Waals surface area contributed by atoms with Gasteiger partial charge in [0, 0.05) is 4.47 Å². The lowest BCUT2D eigenvalue weighted by Gasteiger charge is -2.11. The Morgan fingerprint density at radius 1 is 0.500 bits per heavy atom. The Morgan fingerprint density at radius 2 is 0.909 bits per heavy atom. The minimum atomic E-state index is 1.01. The van der Waals surface area contributed by atoms with Gasteiger partial charge in [-0.1, -0.05) is 70.5 Å². The van der Waals surface area contributed by atoms with Gasteiger partial charge in [-0.2, -0.15) is 0 Å². The molecule has 0 unspecified atom stereocenters. The van der Waals surface area contributed by atoms with E-state index in [1.807, 2.05) is 0 Å². The molecular weight excluding hydrogens is 332 g/mol. The Labute approximate surface area is 140 Å². The average Bonchev–Trinajstić information content (AvgIpc) is 2.59. The molecule has 0 atom stereocenters. The highest BCUT2D eigenvalue weighted by atomic mass is 79.9. The topological polar surface area (TPSA) is 0 Å². The molecule has 108 valence electrons. The molecule has 4 rings (SSSR count). The summed E-state index contributed by atoms with van der Waals surface area (Å²) in [6.45, 7) is 0. The third-order valence-corrected chi connectivity index (χ3v) is 5.04. The van der Waals surface area contributed by atoms with Crippen LogP contribution in [0.5, 0.6) is 0 Å². The van der Waals surface area contributed by atoms with E-state index in [-0.39, 0.29) is 0 Å². The predicted octanol–water partition coefficient (Wildman–Crippen LogP) is 5.53. The molecule has 0 fully saturated rings. The summed E-state index contributed by atoms with van der Waals surface area (Å²) in [6, 6.07) is 24.4. The van der Waals surface area contributed by atoms with Crippen molar-refractivity contribution in [3.63, 3.8) is 0 Å². The number of halogens is 1. The maximum absolute atomic E-state index is 3.63. The van der Waals surface area contributed by atoms with Crippen LogP contribution in [0.1, 0.15) is 33.4 Å². The summed E-state index contributed by atoms with van der Waals surface area (Å²) in [5.74, 6) is 0. The Hall–Kier alpha value is -1.86. The molecule has 0 heterocycles. The second kappa shape index (κ2) is 5.73. The molecule has 3 aromatic rings. The van der Waals surface area contributed by atoms with Crippen LogP contribution in [0.25, 0.3) is 0 Å². The number of rotatable bonds is 0. The van der Waals surface area contributed by atoms with E-state index in [0.29, 0.717) is 0 Å². The van der Waals surface area contributed by atoms with Crippen LogP contribution in [-0.4, -0.2) is 0 Å². The predicted molar refractivity (Wildman–Crippen MR) is 95.4 cm³/mol. The molecule has 0 spiro atoms. The van der Waals surface area contributed by atoms with Crippen molar-refractivity contribution in [2.75, 3.05) is 0 Å². The summed E-state index contributed by atoms with van der Waals surface area (Å²) in [4.78, 5) is 0. The van der Waals surface area contributed by atoms with Crippen molar-refractivity contribution in [2.45, 2.75) is 19.3 Å². The van der Waals surface area contributed by atoms with Gasteiger partial charge in [0.05, 0.1) is 0 Å². The lowest BCUT2D eigenvalue weighted by atomic mass is 9.95. The van der Waals surface area contributed by atoms with Gasteiger partial charge in [0.2, 0.25) is 0 Å². The Bertz CT molecular complexity index is 827. The second-order valence-corrected chi connectivity index (χ2v) is 6.90. The second-order valence-electron chi connectivity index (χ2n) is 5.98. The van der Waals surface area contributed by atoms with E-state index >= 15 is 0 Å². The van der Waals surface area contributed by atoms with Gasteiger partial charge < -0.3 is 0 Å². The summed E-state index contributed by atoms with van der Waals surface area (Å²) < 4.78 is 1.16. The van der Waals surface area contributed by atoms with Gasteiger partial charge in [-0.25, -0.2) is 0 Å². The lowest BCUT2D eigenvalue weighted by Crippen LogP contribution is -1.97. The van der Waals surface area contributed by atoms with Gasteiger partial charge in [0.25, 0.3) is 0 Å². The van der Waals surface area contributed by atoms with Crippen LogP contribution >= 0.6 is 15.9 Å². The van der Waals surface area contributed by atoms with Crippen molar-refractivity contribution in [2.24, 2.45) is 0 Å². The monoisotopic (exact) mass is 348 g/mol. The molecule has 0 nitrogen and oxygen atoms in total. The van der Waals surface area contributed by atoms with Crippen LogP contribution in [-0.2, 0) is 19.3 Å². The quantitative estimate of drug-likeness (QED) is 0.391. The third-order valence-electron chi connectivity index (χ3n) is 4.55. The van der Waals surface area contributed by atoms with Crippen molar-refractivity contribution < 1.29 is 0 Å². The zero-order chi connectivity index (χ0) is 14.9. The van der Waals surface area contributed by atoms with Crippen molar-refractivity contribution in [3.05, 3.63) is 105 Å². The first kappa shape index (κ1) is 13.8. The first-order chi connectivity index (χ1) is 10.8. The molecule has 3 aromatic carbocycles. The third kappa shape index (κ3) is 2.62. The maximum atomic E-state index is 3.63. The fraction of sp³-hybridized carbons (Fsp3) is 0.143. The zero-order valence-electron chi connectivity index (χ0n) is 12.4. The fourth-order valence-corrected chi connectivity index (χ4v) is 3.76. The van der Waals surface area contributed by atoms with E-state index in [4.69, 9.17) is 0 Å². The van der Waals surface area contributed by atoms with Crippen LogP contribution in [0.4, 0.5) is 0 Å². The number of hydrogen-bond donors (Lipinski definition) is 0. The summed E-state index contributed by atoms with van der Waals surface area (Å²) in [5.41, 5.74) is 8.65. The molecule has 0 saturated heterocycles. The van der Waals surface area contributed by atoms with Gasteiger partial charge in [-0.05, 0) is 64.8 Å². The summed E-state index contributed by atoms with van der Waals surface area (Å²) in [7, 11) is 0. The maximum Gasteiger partial charge on any atom is 0.0178 e. The van der Waals surface area contributed by atoms with E-state index in [1.54, 1.807) is 0 Å². The normalized spacial score (nSPS) is 13.1. The first-order valence-electron chi connectivity index (χ1n) is 7.70. The van der Waals surface area contributed by atoms with Crippen LogP contribution < -0.4 is 0 Å². The van der Waals surface area contributed by atoms with Crippen molar-refractivity contribution >= 4 is 15.9 Å². The van der Waals surface area contributed by atoms with Gasteiger partial charge >= 0.3 is 0 Å². The minimum Gasteiger partial charge on any atom is -0.0620 e. The number of fused-ring (bicyclic) bond motifs is 3. The standard InChI is InChI=1S/C21H17Br/c22-21-10-9-19-12-17-7-2-1-5-15(17)11-16-6-3-4-8-18(16)13-20(19)14-21/h1-10,14H,11-13H2. The molecule has 0 N–H and O–H groups in total. The van der Waals surface area contributed by atoms with Crippen LogP contribution in [0, 0.1) is 0 Å². The van der Waals surface area contributed by atoms with Gasteiger partial charge in [0.15, 0.2) is 0 Å². The smallest absolute Gasteiger partial charge is 0.0178 e. The largest absolute Gasteiger partial charge is 0.0620 e. The average molecular weight is 349 g/mol. The molecule has 1 aliphatic rings. The minimum absolute atomic E-state index is 1.01. The van der Waals surface area contributed by atoms with Gasteiger partial charge in [-0.15, -0.1) is 0 Å². The summed E-state index contributed by atoms with van der Waals surface area (Å²) >= 11 is 3.63. The van der Waals surface area contributed by atoms with E-state index in [9.17, 15) is 0 Å². The Kier molecular flexibility index (Phi) is 3.59. The molecule has 0 bridgehead atoms. The molecule has 0 amide bonds. The van der Waals surface area contributed by atoms with Gasteiger partial charge in [-0.3, -0.25) is 0 Å². The highest BCUT2D eigenvalue weighted by Crippen LogP contribution is 2.28. The van der Waals surface area contributed by atoms with Crippen molar-refractivity contribution in [1.82, 2.24) is 0 Å². The molecule has 1 aliphatic carbocycles. The molecule has 0 saturated carbocycles. The molecular formula is C21H17Br. The van der Waals surface area contributed by atoms with Crippen LogP contribution in [0.15, 0.2) is 71.2 Å². The zero-order valence-corrected chi connectivity index (χ0v) is 13.9. The van der Waals surface area contributed by atoms with Crippen molar-refractivity contribution in [3.8, 4) is 0 Å². The van der Waals surface area contributed by atoms with Crippen molar-refractivity contribution in [1.29, 1.82) is 0 Å². The lowest BCUT2D eigenvalue weighted by molar-refractivity contribution is 1.09. The Morgan fingerprint density at radius 3 is 1.41 bits per heavy atom. The molecule has 0 radical (unpaired) electrons. The summed E-state index contributed by atoms with van der Waals surface area (Å²) in [5, 5.41) is 0. The van der Waals surface area contributed by atoms with Crippen LogP contribution in [0.3, 0.4) is 0 Å². The summed E-state index contributed by atoms with van der Waals surface area (Å²) in [6.07, 6.45) is 3.06. The highest BCUT2D eigenvalue weighted by molar-refractivity contribution is 9.10. The van der Waals surface area contributed by atoms with Gasteiger partial charge in [0.1, 0.15) is 0 Å². The number of hydrogen-bond acceptors (Lipinski definition) is 0. The molecule has 22 heavy (non-hydrogen) atoms. The first-order valence-corrected chi connectivity index (χ1v) is 8.50. The molecule has 0 aliphatic heterocycles. The van der Waals surface area contributed by atoms with E-state index in [2.05, 4.69) is 82.7 Å². The fourth-order valence-electron chi connectivity index (χ4n) is 3.35.